The lowest BCUT2D eigenvalue weighted by molar-refractivity contribution is -0.116. The van der Waals surface area contributed by atoms with Gasteiger partial charge in [0.05, 0.1) is 30.6 Å². The molecule has 188 valence electrons. The summed E-state index contributed by atoms with van der Waals surface area (Å²) in [5, 5.41) is 7.05. The van der Waals surface area contributed by atoms with Gasteiger partial charge < -0.3 is 24.8 Å². The van der Waals surface area contributed by atoms with Crippen molar-refractivity contribution in [1.82, 2.24) is 19.8 Å². The smallest absolute Gasteiger partial charge is 0.226 e. The molecule has 0 bridgehead atoms. The number of carbonyl (C=O) groups excluding carboxylic acids is 1. The van der Waals surface area contributed by atoms with Gasteiger partial charge in [-0.3, -0.25) is 9.78 Å². The monoisotopic (exact) mass is 511 g/mol. The Morgan fingerprint density at radius 2 is 1.78 bits per heavy atom. The van der Waals surface area contributed by atoms with Gasteiger partial charge in [-0.2, -0.15) is 0 Å². The van der Waals surface area contributed by atoms with Crippen LogP contribution in [0.15, 0.2) is 91.1 Å². The predicted molar refractivity (Wildman–Crippen MR) is 149 cm³/mol. The third-order valence-electron chi connectivity index (χ3n) is 6.58. The van der Waals surface area contributed by atoms with Gasteiger partial charge in [0, 0.05) is 36.2 Å². The highest BCUT2D eigenvalue weighted by Crippen LogP contribution is 2.40. The highest BCUT2D eigenvalue weighted by Gasteiger charge is 2.41. The maximum Gasteiger partial charge on any atom is 0.226 e. The second-order valence-electron chi connectivity index (χ2n) is 8.89. The van der Waals surface area contributed by atoms with Gasteiger partial charge in [0.15, 0.2) is 5.11 Å². The molecule has 7 nitrogen and oxygen atoms in total. The molecule has 1 aliphatic rings. The summed E-state index contributed by atoms with van der Waals surface area (Å²) >= 11 is 5.81. The summed E-state index contributed by atoms with van der Waals surface area (Å²) < 4.78 is 7.62. The molecule has 1 saturated heterocycles. The molecule has 1 aliphatic heterocycles. The Bertz CT molecular complexity index is 1390. The molecule has 1 amide bonds. The fourth-order valence-electron chi connectivity index (χ4n) is 4.87. The second-order valence-corrected chi connectivity index (χ2v) is 9.28. The Balaban J connectivity index is 1.46. The number of methoxy groups -OCH3 is 1. The first kappa shape index (κ1) is 24.5. The van der Waals surface area contributed by atoms with Crippen molar-refractivity contribution in [3.8, 4) is 11.4 Å². The number of para-hydroxylation sites is 3. The van der Waals surface area contributed by atoms with Gasteiger partial charge in [0.1, 0.15) is 5.75 Å². The van der Waals surface area contributed by atoms with Crippen molar-refractivity contribution in [3.05, 3.63) is 108 Å². The second kappa shape index (κ2) is 10.8. The molecule has 2 aromatic heterocycles. The minimum Gasteiger partial charge on any atom is -0.495 e. The number of hydrogen-bond donors (Lipinski definition) is 2. The van der Waals surface area contributed by atoms with Crippen LogP contribution in [0, 0.1) is 6.92 Å². The third kappa shape index (κ3) is 5.06. The van der Waals surface area contributed by atoms with E-state index in [0.29, 0.717) is 23.1 Å². The van der Waals surface area contributed by atoms with Crippen molar-refractivity contribution in [1.29, 1.82) is 0 Å². The van der Waals surface area contributed by atoms with Crippen LogP contribution in [0.2, 0.25) is 0 Å². The van der Waals surface area contributed by atoms with Crippen LogP contribution in [0.1, 0.15) is 35.6 Å². The average Bonchev–Trinajstić information content (AvgIpc) is 3.47. The molecule has 3 heterocycles. The van der Waals surface area contributed by atoms with Gasteiger partial charge in [-0.1, -0.05) is 36.4 Å². The van der Waals surface area contributed by atoms with E-state index in [4.69, 9.17) is 17.0 Å². The van der Waals surface area contributed by atoms with Crippen molar-refractivity contribution in [2.24, 2.45) is 0 Å². The van der Waals surface area contributed by atoms with E-state index in [2.05, 4.69) is 56.3 Å². The fraction of sp³-hybridized carbons (Fsp3) is 0.207. The summed E-state index contributed by atoms with van der Waals surface area (Å²) in [7, 11) is 1.59. The van der Waals surface area contributed by atoms with Crippen molar-refractivity contribution >= 4 is 28.9 Å². The number of ether oxygens (including phenoxy) is 1. The highest BCUT2D eigenvalue weighted by atomic mass is 32.1. The molecule has 2 N–H and O–H groups in total. The predicted octanol–water partition coefficient (Wildman–Crippen LogP) is 5.19. The van der Waals surface area contributed by atoms with Gasteiger partial charge in [0.2, 0.25) is 5.91 Å². The van der Waals surface area contributed by atoms with Gasteiger partial charge in [-0.25, -0.2) is 0 Å². The first-order valence-corrected chi connectivity index (χ1v) is 12.6. The maximum atomic E-state index is 13.0. The summed E-state index contributed by atoms with van der Waals surface area (Å²) in [5.74, 6) is 0.514. The van der Waals surface area contributed by atoms with E-state index in [-0.39, 0.29) is 24.4 Å². The summed E-state index contributed by atoms with van der Waals surface area (Å²) in [5.41, 5.74) is 4.82. The first-order valence-electron chi connectivity index (χ1n) is 12.2. The quantitative estimate of drug-likeness (QED) is 0.317. The van der Waals surface area contributed by atoms with E-state index in [0.717, 1.165) is 22.8 Å². The zero-order chi connectivity index (χ0) is 25.8. The normalized spacial score (nSPS) is 16.9. The van der Waals surface area contributed by atoms with Gasteiger partial charge >= 0.3 is 0 Å². The molecule has 0 radical (unpaired) electrons. The van der Waals surface area contributed by atoms with Gasteiger partial charge in [0.25, 0.3) is 0 Å². The molecule has 8 heteroatoms. The van der Waals surface area contributed by atoms with Crippen molar-refractivity contribution in [2.45, 2.75) is 25.4 Å². The number of aryl methyl sites for hydroxylation is 1. The number of hydrogen-bond acceptors (Lipinski definition) is 4. The number of rotatable bonds is 8. The van der Waals surface area contributed by atoms with Crippen LogP contribution in [0.4, 0.5) is 5.69 Å². The Morgan fingerprint density at radius 3 is 2.54 bits per heavy atom. The van der Waals surface area contributed by atoms with E-state index in [1.807, 2.05) is 60.7 Å². The highest BCUT2D eigenvalue weighted by molar-refractivity contribution is 7.80. The Hall–Kier alpha value is -4.17. The molecule has 5 rings (SSSR count). The molecule has 2 aromatic carbocycles. The Labute approximate surface area is 222 Å². The van der Waals surface area contributed by atoms with Crippen LogP contribution in [0.25, 0.3) is 5.69 Å². The van der Waals surface area contributed by atoms with Gasteiger partial charge in [-0.05, 0) is 67.7 Å². The molecule has 0 unspecified atom stereocenters. The maximum absolute atomic E-state index is 13.0. The number of amides is 1. The zero-order valence-corrected chi connectivity index (χ0v) is 21.6. The minimum atomic E-state index is -0.164. The zero-order valence-electron chi connectivity index (χ0n) is 20.8. The van der Waals surface area contributed by atoms with Crippen molar-refractivity contribution < 1.29 is 9.53 Å². The summed E-state index contributed by atoms with van der Waals surface area (Å²) in [6.07, 6.45) is 2.05. The number of thiocarbonyl (C=S) groups is 1. The molecule has 37 heavy (non-hydrogen) atoms. The van der Waals surface area contributed by atoms with E-state index in [1.54, 1.807) is 13.3 Å². The number of aromatic nitrogens is 2. The third-order valence-corrected chi connectivity index (χ3v) is 6.93. The van der Waals surface area contributed by atoms with Crippen LogP contribution in [-0.4, -0.2) is 39.1 Å². The van der Waals surface area contributed by atoms with Crippen LogP contribution >= 0.6 is 12.2 Å². The van der Waals surface area contributed by atoms with Gasteiger partial charge in [-0.15, -0.1) is 0 Å². The van der Waals surface area contributed by atoms with Crippen LogP contribution in [0.3, 0.4) is 0 Å². The standard InChI is InChI=1S/C29H29N5O2S/c1-20-15-16-24(34(20)21-10-4-3-5-11-21)28-27(23-13-8-9-18-30-23)32-29(37)33(28)19-17-26(35)31-22-12-6-7-14-25(22)36-2/h3-16,18,27-28H,17,19H2,1-2H3,(H,31,35)(H,32,37)/t27-,28-/m0/s1. The lowest BCUT2D eigenvalue weighted by atomic mass is 10.0. The average molecular weight is 512 g/mol. The Kier molecular flexibility index (Phi) is 7.18. The topological polar surface area (TPSA) is 71.4 Å². The molecular weight excluding hydrogens is 482 g/mol. The van der Waals surface area contributed by atoms with E-state index in [1.165, 1.54) is 0 Å². The number of nitrogens with one attached hydrogen (secondary N) is 2. The molecule has 0 spiro atoms. The number of carbonyl (C=O) groups is 1. The van der Waals surface area contributed by atoms with Crippen LogP contribution in [-0.2, 0) is 4.79 Å². The molecule has 0 saturated carbocycles. The summed E-state index contributed by atoms with van der Waals surface area (Å²) in [6, 6.07) is 27.5. The lowest BCUT2D eigenvalue weighted by Crippen LogP contribution is -2.33. The first-order chi connectivity index (χ1) is 18.1. The SMILES string of the molecule is COc1ccccc1NC(=O)CCN1C(=S)N[C@@H](c2ccccn2)[C@@H]1c1ccc(C)n1-c1ccccc1. The largest absolute Gasteiger partial charge is 0.495 e. The van der Waals surface area contributed by atoms with E-state index < -0.39 is 0 Å². The lowest BCUT2D eigenvalue weighted by Gasteiger charge is -2.29. The Morgan fingerprint density at radius 1 is 1.03 bits per heavy atom. The van der Waals surface area contributed by atoms with Crippen LogP contribution < -0.4 is 15.4 Å². The number of benzene rings is 2. The molecule has 0 aliphatic carbocycles. The minimum absolute atomic E-state index is 0.109. The van der Waals surface area contributed by atoms with Crippen molar-refractivity contribution in [3.63, 3.8) is 0 Å². The molecule has 4 aromatic rings. The van der Waals surface area contributed by atoms with E-state index >= 15 is 0 Å². The molecule has 1 fully saturated rings. The number of anilines is 1. The number of pyridine rings is 1. The van der Waals surface area contributed by atoms with Crippen molar-refractivity contribution in [2.75, 3.05) is 19.0 Å². The fourth-order valence-corrected chi connectivity index (χ4v) is 5.20. The number of nitrogens with zero attached hydrogens (tertiary/aromatic N) is 3. The molecule has 2 atom stereocenters. The van der Waals surface area contributed by atoms with Crippen LogP contribution in [0.5, 0.6) is 5.75 Å². The van der Waals surface area contributed by atoms with E-state index in [9.17, 15) is 4.79 Å². The summed E-state index contributed by atoms with van der Waals surface area (Å²) in [6.45, 7) is 2.54. The molecular formula is C29H29N5O2S. The summed E-state index contributed by atoms with van der Waals surface area (Å²) in [4.78, 5) is 19.7.